The predicted molar refractivity (Wildman–Crippen MR) is 67.5 cm³/mol. The summed E-state index contributed by atoms with van der Waals surface area (Å²) in [5, 5.41) is 18.4. The third-order valence-corrected chi connectivity index (χ3v) is 3.28. The van der Waals surface area contributed by atoms with Gasteiger partial charge in [-0.15, -0.1) is 0 Å². The fraction of sp³-hybridized carbons (Fsp3) is 0.462. The molecule has 1 heterocycles. The van der Waals surface area contributed by atoms with Gasteiger partial charge in [-0.2, -0.15) is 0 Å². The summed E-state index contributed by atoms with van der Waals surface area (Å²) in [6.45, 7) is 2.87. The van der Waals surface area contributed by atoms with Gasteiger partial charge in [0, 0.05) is 32.7 Å². The van der Waals surface area contributed by atoms with Gasteiger partial charge < -0.3 is 15.1 Å². The molecule has 0 spiro atoms. The van der Waals surface area contributed by atoms with E-state index in [1.54, 1.807) is 0 Å². The molecule has 1 aliphatic heterocycles. The number of hydrogen-bond acceptors (Lipinski definition) is 4. The van der Waals surface area contributed by atoms with Crippen LogP contribution < -0.4 is 0 Å². The second kappa shape index (κ2) is 5.99. The van der Waals surface area contributed by atoms with Crippen molar-refractivity contribution in [2.75, 3.05) is 39.3 Å². The molecular weight excluding hydrogens is 251 g/mol. The molecule has 5 nitrogen and oxygen atoms in total. The van der Waals surface area contributed by atoms with Gasteiger partial charge in [-0.3, -0.25) is 9.69 Å². The molecule has 0 radical (unpaired) electrons. The predicted octanol–water partition coefficient (Wildman–Crippen LogP) is 0.281. The van der Waals surface area contributed by atoms with E-state index in [1.807, 2.05) is 4.90 Å². The Balaban J connectivity index is 2.05. The molecule has 2 rings (SSSR count). The van der Waals surface area contributed by atoms with Gasteiger partial charge in [-0.25, -0.2) is 4.39 Å². The molecule has 1 amide bonds. The van der Waals surface area contributed by atoms with E-state index in [0.717, 1.165) is 6.07 Å². The van der Waals surface area contributed by atoms with E-state index in [1.165, 1.54) is 17.0 Å². The zero-order chi connectivity index (χ0) is 13.8. The molecule has 1 aromatic carbocycles. The number of carbonyl (C=O) groups is 1. The first-order chi connectivity index (χ1) is 9.13. The number of aromatic hydroxyl groups is 1. The molecule has 2 N–H and O–H groups in total. The van der Waals surface area contributed by atoms with E-state index in [-0.39, 0.29) is 17.9 Å². The highest BCUT2D eigenvalue weighted by Crippen LogP contribution is 2.22. The fourth-order valence-corrected chi connectivity index (χ4v) is 2.20. The number of piperazine rings is 1. The normalized spacial score (nSPS) is 16.6. The topological polar surface area (TPSA) is 64.0 Å². The summed E-state index contributed by atoms with van der Waals surface area (Å²) in [6, 6.07) is 3.83. The van der Waals surface area contributed by atoms with E-state index in [2.05, 4.69) is 0 Å². The minimum absolute atomic E-state index is 0.0854. The van der Waals surface area contributed by atoms with Crippen LogP contribution in [0.25, 0.3) is 0 Å². The molecule has 1 fully saturated rings. The number of β-amino-alcohol motifs (C(OH)–C–C–N with tert-alkyl or cyclic N) is 1. The largest absolute Gasteiger partial charge is 0.507 e. The third kappa shape index (κ3) is 3.02. The van der Waals surface area contributed by atoms with Gasteiger partial charge in [0.2, 0.25) is 0 Å². The summed E-state index contributed by atoms with van der Waals surface area (Å²) in [5.41, 5.74) is -0.266. The maximum Gasteiger partial charge on any atom is 0.260 e. The lowest BCUT2D eigenvalue weighted by atomic mass is 10.1. The molecule has 1 saturated heterocycles. The van der Waals surface area contributed by atoms with E-state index >= 15 is 0 Å². The van der Waals surface area contributed by atoms with Crippen LogP contribution in [0.3, 0.4) is 0 Å². The van der Waals surface area contributed by atoms with Gasteiger partial charge in [0.1, 0.15) is 17.1 Å². The van der Waals surface area contributed by atoms with E-state index in [0.29, 0.717) is 32.7 Å². The highest BCUT2D eigenvalue weighted by Gasteiger charge is 2.25. The first-order valence-corrected chi connectivity index (χ1v) is 6.23. The van der Waals surface area contributed by atoms with Crippen LogP contribution in [0.15, 0.2) is 18.2 Å². The van der Waals surface area contributed by atoms with E-state index in [4.69, 9.17) is 5.11 Å². The van der Waals surface area contributed by atoms with Crippen molar-refractivity contribution in [2.45, 2.75) is 0 Å². The van der Waals surface area contributed by atoms with Crippen molar-refractivity contribution in [3.8, 4) is 5.75 Å². The highest BCUT2D eigenvalue weighted by molar-refractivity contribution is 5.97. The molecule has 1 aliphatic rings. The average molecular weight is 268 g/mol. The van der Waals surface area contributed by atoms with Crippen LogP contribution in [0.1, 0.15) is 10.4 Å². The van der Waals surface area contributed by atoms with Gasteiger partial charge >= 0.3 is 0 Å². The minimum atomic E-state index is -0.706. The van der Waals surface area contributed by atoms with Crippen molar-refractivity contribution >= 4 is 5.91 Å². The van der Waals surface area contributed by atoms with Crippen LogP contribution in [0.4, 0.5) is 4.39 Å². The molecule has 1 aromatic rings. The number of rotatable bonds is 3. The molecule has 0 saturated carbocycles. The first-order valence-electron chi connectivity index (χ1n) is 6.23. The van der Waals surface area contributed by atoms with Crippen molar-refractivity contribution in [1.82, 2.24) is 9.80 Å². The number of aliphatic hydroxyl groups excluding tert-OH is 1. The lowest BCUT2D eigenvalue weighted by molar-refractivity contribution is 0.0607. The molecule has 0 atom stereocenters. The average Bonchev–Trinajstić information content (AvgIpc) is 2.39. The van der Waals surface area contributed by atoms with E-state index < -0.39 is 11.7 Å². The monoisotopic (exact) mass is 268 g/mol. The third-order valence-electron chi connectivity index (χ3n) is 3.28. The number of phenols is 1. The summed E-state index contributed by atoms with van der Waals surface area (Å²) >= 11 is 0. The van der Waals surface area contributed by atoms with Crippen LogP contribution in [0.5, 0.6) is 5.75 Å². The van der Waals surface area contributed by atoms with Gasteiger partial charge in [-0.05, 0) is 12.1 Å². The first kappa shape index (κ1) is 13.8. The van der Waals surface area contributed by atoms with Crippen molar-refractivity contribution < 1.29 is 19.4 Å². The lowest BCUT2D eigenvalue weighted by Crippen LogP contribution is -2.49. The molecule has 0 aromatic heterocycles. The summed E-state index contributed by atoms with van der Waals surface area (Å²) in [7, 11) is 0. The van der Waals surface area contributed by atoms with Crippen LogP contribution in [0.2, 0.25) is 0 Å². The van der Waals surface area contributed by atoms with Gasteiger partial charge in [0.15, 0.2) is 0 Å². The molecule has 19 heavy (non-hydrogen) atoms. The van der Waals surface area contributed by atoms with E-state index in [9.17, 15) is 14.3 Å². The number of halogens is 1. The summed E-state index contributed by atoms with van der Waals surface area (Å²) in [5.74, 6) is -1.52. The van der Waals surface area contributed by atoms with Crippen LogP contribution >= 0.6 is 0 Å². The molecule has 6 heteroatoms. The second-order valence-electron chi connectivity index (χ2n) is 4.49. The van der Waals surface area contributed by atoms with Gasteiger partial charge in [0.05, 0.1) is 6.61 Å². The minimum Gasteiger partial charge on any atom is -0.507 e. The SMILES string of the molecule is O=C(c1c(O)cccc1F)N1CCN(CCO)CC1. The van der Waals surface area contributed by atoms with Crippen molar-refractivity contribution in [3.05, 3.63) is 29.6 Å². The van der Waals surface area contributed by atoms with Crippen LogP contribution in [-0.2, 0) is 0 Å². The quantitative estimate of drug-likeness (QED) is 0.826. The molecule has 104 valence electrons. The summed E-state index contributed by atoms with van der Waals surface area (Å²) in [4.78, 5) is 15.7. The highest BCUT2D eigenvalue weighted by atomic mass is 19.1. The molecule has 0 unspecified atom stereocenters. The number of phenolic OH excluding ortho intramolecular Hbond substituents is 1. The number of amides is 1. The summed E-state index contributed by atoms with van der Waals surface area (Å²) < 4.78 is 13.6. The number of carbonyl (C=O) groups excluding carboxylic acids is 1. The maximum atomic E-state index is 13.6. The Bertz CT molecular complexity index is 439. The fourth-order valence-electron chi connectivity index (χ4n) is 2.20. The van der Waals surface area contributed by atoms with Crippen molar-refractivity contribution in [3.63, 3.8) is 0 Å². The Morgan fingerprint density at radius 1 is 1.26 bits per heavy atom. The molecular formula is C13H17FN2O3. The molecule has 0 aliphatic carbocycles. The Kier molecular flexibility index (Phi) is 4.34. The van der Waals surface area contributed by atoms with Crippen molar-refractivity contribution in [1.29, 1.82) is 0 Å². The Hall–Kier alpha value is -1.66. The number of nitrogens with zero attached hydrogens (tertiary/aromatic N) is 2. The zero-order valence-corrected chi connectivity index (χ0v) is 10.5. The van der Waals surface area contributed by atoms with Gasteiger partial charge in [0.25, 0.3) is 5.91 Å². The van der Waals surface area contributed by atoms with Gasteiger partial charge in [-0.1, -0.05) is 6.07 Å². The Morgan fingerprint density at radius 2 is 1.95 bits per heavy atom. The second-order valence-corrected chi connectivity index (χ2v) is 4.49. The van der Waals surface area contributed by atoms with Crippen LogP contribution in [-0.4, -0.2) is 65.3 Å². The number of aliphatic hydroxyl groups is 1. The molecule has 0 bridgehead atoms. The van der Waals surface area contributed by atoms with Crippen LogP contribution in [0, 0.1) is 5.82 Å². The van der Waals surface area contributed by atoms with Crippen molar-refractivity contribution in [2.24, 2.45) is 0 Å². The number of hydrogen-bond donors (Lipinski definition) is 2. The Morgan fingerprint density at radius 3 is 2.53 bits per heavy atom. The smallest absolute Gasteiger partial charge is 0.260 e. The lowest BCUT2D eigenvalue weighted by Gasteiger charge is -2.34. The summed E-state index contributed by atoms with van der Waals surface area (Å²) in [6.07, 6.45) is 0. The zero-order valence-electron chi connectivity index (χ0n) is 10.5. The standard InChI is InChI=1S/C13H17FN2O3/c14-10-2-1-3-11(18)12(10)13(19)16-6-4-15(5-7-16)8-9-17/h1-3,17-18H,4-9H2. The number of benzene rings is 1. The Labute approximate surface area is 110 Å². The maximum absolute atomic E-state index is 13.6.